The molecule has 2 N–H and O–H groups in total. The highest BCUT2D eigenvalue weighted by atomic mass is 16.6. The van der Waals surface area contributed by atoms with Gasteiger partial charge in [0.15, 0.2) is 5.10 Å². The Morgan fingerprint density at radius 1 is 1.47 bits per heavy atom. The highest BCUT2D eigenvalue weighted by molar-refractivity contribution is 5.64. The molecule has 0 fully saturated rings. The summed E-state index contributed by atoms with van der Waals surface area (Å²) in [5.74, 6) is 3.07. The van der Waals surface area contributed by atoms with Crippen LogP contribution in [0.4, 0.5) is 17.3 Å². The summed E-state index contributed by atoms with van der Waals surface area (Å²) in [6, 6.07) is 0. The van der Waals surface area contributed by atoms with Crippen LogP contribution < -0.4 is 5.84 Å². The standard InChI is InChI=1S/C3H2N8O4/c4-8-6-1-2(10(12)13)7-9(5)3(1)11(14)15/h5H2. The van der Waals surface area contributed by atoms with Crippen LogP contribution in [-0.2, 0) is 0 Å². The number of hydrogen-bond donors (Lipinski definition) is 1. The van der Waals surface area contributed by atoms with E-state index in [2.05, 4.69) is 15.1 Å². The van der Waals surface area contributed by atoms with Crippen molar-refractivity contribution in [1.82, 2.24) is 9.89 Å². The summed E-state index contributed by atoms with van der Waals surface area (Å²) in [6.07, 6.45) is 0. The molecule has 0 atom stereocenters. The van der Waals surface area contributed by atoms with Crippen molar-refractivity contribution in [2.75, 3.05) is 5.84 Å². The van der Waals surface area contributed by atoms with Crippen LogP contribution in [0.5, 0.6) is 0 Å². The second-order valence-electron chi connectivity index (χ2n) is 2.14. The summed E-state index contributed by atoms with van der Waals surface area (Å²) in [5, 5.41) is 26.6. The molecule has 0 unspecified atom stereocenters. The fraction of sp³-hybridized carbons (Fsp3) is 0. The molecule has 0 radical (unpaired) electrons. The van der Waals surface area contributed by atoms with E-state index in [-0.39, 0.29) is 4.79 Å². The number of nitro groups is 2. The van der Waals surface area contributed by atoms with Crippen molar-refractivity contribution in [3.63, 3.8) is 0 Å². The van der Waals surface area contributed by atoms with E-state index in [0.717, 1.165) is 0 Å². The first-order chi connectivity index (χ1) is 6.99. The molecule has 0 aromatic carbocycles. The zero-order valence-electron chi connectivity index (χ0n) is 6.84. The molecule has 1 aromatic rings. The molecule has 0 saturated carbocycles. The van der Waals surface area contributed by atoms with E-state index < -0.39 is 27.2 Å². The Balaban J connectivity index is 3.58. The molecular weight excluding hydrogens is 212 g/mol. The second kappa shape index (κ2) is 3.47. The average molecular weight is 214 g/mol. The van der Waals surface area contributed by atoms with Gasteiger partial charge in [-0.1, -0.05) is 0 Å². The molecule has 1 rings (SSSR count). The van der Waals surface area contributed by atoms with E-state index in [4.69, 9.17) is 11.4 Å². The Kier molecular flexibility index (Phi) is 2.36. The van der Waals surface area contributed by atoms with E-state index in [0.29, 0.717) is 0 Å². The van der Waals surface area contributed by atoms with Gasteiger partial charge in [0.2, 0.25) is 5.69 Å². The van der Waals surface area contributed by atoms with Crippen molar-refractivity contribution < 1.29 is 9.85 Å². The highest BCUT2D eigenvalue weighted by Crippen LogP contribution is 2.35. The van der Waals surface area contributed by atoms with E-state index in [1.54, 1.807) is 0 Å². The summed E-state index contributed by atoms with van der Waals surface area (Å²) in [7, 11) is 0. The van der Waals surface area contributed by atoms with Gasteiger partial charge in [0.25, 0.3) is 0 Å². The van der Waals surface area contributed by atoms with Crippen molar-refractivity contribution in [3.8, 4) is 0 Å². The number of nitrogens with zero attached hydrogens (tertiary/aromatic N) is 7. The maximum atomic E-state index is 10.4. The fourth-order valence-corrected chi connectivity index (χ4v) is 0.833. The molecule has 0 saturated heterocycles. The van der Waals surface area contributed by atoms with Gasteiger partial charge in [0.05, 0.1) is 4.79 Å². The lowest BCUT2D eigenvalue weighted by atomic mass is 10.5. The summed E-state index contributed by atoms with van der Waals surface area (Å²) >= 11 is 0. The summed E-state index contributed by atoms with van der Waals surface area (Å²) in [6.45, 7) is 0. The van der Waals surface area contributed by atoms with Crippen molar-refractivity contribution in [3.05, 3.63) is 30.7 Å². The van der Waals surface area contributed by atoms with Gasteiger partial charge < -0.3 is 20.2 Å². The topological polar surface area (TPSA) is 179 Å². The number of aromatic nitrogens is 2. The minimum absolute atomic E-state index is 0.169. The molecule has 12 heteroatoms. The molecule has 12 nitrogen and oxygen atoms in total. The van der Waals surface area contributed by atoms with Crippen molar-refractivity contribution in [2.24, 2.45) is 5.11 Å². The molecule has 0 bridgehead atoms. The maximum Gasteiger partial charge on any atom is 0.433 e. The maximum absolute atomic E-state index is 10.4. The third-order valence-corrected chi connectivity index (χ3v) is 1.33. The zero-order valence-corrected chi connectivity index (χ0v) is 6.84. The lowest BCUT2D eigenvalue weighted by Gasteiger charge is -1.90. The largest absolute Gasteiger partial charge is 0.433 e. The molecular formula is C3H2N8O4. The van der Waals surface area contributed by atoms with Crippen LogP contribution >= 0.6 is 0 Å². The van der Waals surface area contributed by atoms with Crippen molar-refractivity contribution in [2.45, 2.75) is 0 Å². The minimum Gasteiger partial charge on any atom is -0.358 e. The van der Waals surface area contributed by atoms with Crippen LogP contribution in [0.2, 0.25) is 0 Å². The molecule has 0 amide bonds. The lowest BCUT2D eigenvalue weighted by Crippen LogP contribution is -2.13. The molecule has 0 aliphatic carbocycles. The van der Waals surface area contributed by atoms with E-state index in [1.165, 1.54) is 0 Å². The van der Waals surface area contributed by atoms with Gasteiger partial charge in [-0.2, -0.15) is 0 Å². The average Bonchev–Trinajstić information content (AvgIpc) is 2.43. The van der Waals surface area contributed by atoms with Gasteiger partial charge >= 0.3 is 11.6 Å². The number of rotatable bonds is 3. The van der Waals surface area contributed by atoms with Gasteiger partial charge in [0, 0.05) is 4.91 Å². The monoisotopic (exact) mass is 214 g/mol. The first-order valence-electron chi connectivity index (χ1n) is 3.21. The number of nitrogens with two attached hydrogens (primary N) is 1. The Bertz CT molecular complexity index is 482. The molecule has 78 valence electrons. The molecule has 15 heavy (non-hydrogen) atoms. The Labute approximate surface area is 79.8 Å². The van der Waals surface area contributed by atoms with Gasteiger partial charge in [-0.25, -0.2) is 5.84 Å². The van der Waals surface area contributed by atoms with Crippen molar-refractivity contribution >= 4 is 17.3 Å². The highest BCUT2D eigenvalue weighted by Gasteiger charge is 2.35. The van der Waals surface area contributed by atoms with Crippen LogP contribution in [0.25, 0.3) is 10.4 Å². The van der Waals surface area contributed by atoms with E-state index in [1.807, 2.05) is 0 Å². The first-order valence-corrected chi connectivity index (χ1v) is 3.21. The normalized spacial score (nSPS) is 9.33. The predicted molar refractivity (Wildman–Crippen MR) is 44.5 cm³/mol. The van der Waals surface area contributed by atoms with Crippen molar-refractivity contribution in [1.29, 1.82) is 0 Å². The third kappa shape index (κ3) is 1.59. The van der Waals surface area contributed by atoms with Crippen LogP contribution in [0.3, 0.4) is 0 Å². The third-order valence-electron chi connectivity index (χ3n) is 1.33. The van der Waals surface area contributed by atoms with Gasteiger partial charge in [0.1, 0.15) is 0 Å². The predicted octanol–water partition coefficient (Wildman–Crippen LogP) is 0.355. The Morgan fingerprint density at radius 2 is 2.07 bits per heavy atom. The molecule has 0 aliphatic rings. The van der Waals surface area contributed by atoms with Crippen LogP contribution in [0.15, 0.2) is 5.11 Å². The quantitative estimate of drug-likeness (QED) is 0.189. The number of hydrogen-bond acceptors (Lipinski definition) is 7. The van der Waals surface area contributed by atoms with Crippen LogP contribution in [-0.4, -0.2) is 19.7 Å². The fourth-order valence-electron chi connectivity index (χ4n) is 0.833. The lowest BCUT2D eigenvalue weighted by molar-refractivity contribution is -0.393. The molecule has 1 heterocycles. The summed E-state index contributed by atoms with van der Waals surface area (Å²) < 4.78 is 0. The van der Waals surface area contributed by atoms with Gasteiger partial charge in [-0.3, -0.25) is 0 Å². The molecule has 0 spiro atoms. The first kappa shape index (κ1) is 10.2. The second-order valence-corrected chi connectivity index (χ2v) is 2.14. The summed E-state index contributed by atoms with van der Waals surface area (Å²) in [4.78, 5) is 21.1. The van der Waals surface area contributed by atoms with Crippen LogP contribution in [0, 0.1) is 20.2 Å². The Hall–Kier alpha value is -2.88. The van der Waals surface area contributed by atoms with E-state index in [9.17, 15) is 20.2 Å². The molecule has 0 aliphatic heterocycles. The Morgan fingerprint density at radius 3 is 2.47 bits per heavy atom. The number of azide groups is 1. The van der Waals surface area contributed by atoms with E-state index >= 15 is 0 Å². The smallest absolute Gasteiger partial charge is 0.358 e. The summed E-state index contributed by atoms with van der Waals surface area (Å²) in [5.41, 5.74) is 7.25. The molecule has 1 aromatic heterocycles. The zero-order chi connectivity index (χ0) is 11.6. The minimum atomic E-state index is -1.04. The van der Waals surface area contributed by atoms with Gasteiger partial charge in [-0.05, 0) is 20.5 Å². The number of nitrogen functional groups attached to an aromatic ring is 1. The van der Waals surface area contributed by atoms with Gasteiger partial charge in [-0.15, -0.1) is 0 Å². The SMILES string of the molecule is [N-]=[N+]=Nc1c([N+](=O)[O-])nn(N)c1[N+](=O)[O-]. The van der Waals surface area contributed by atoms with Crippen LogP contribution in [0.1, 0.15) is 0 Å².